The number of hydrogen-bond acceptors (Lipinski definition) is 6. The molecule has 1 aliphatic rings. The molecule has 0 radical (unpaired) electrons. The Labute approximate surface area is 165 Å². The third-order valence-electron chi connectivity index (χ3n) is 4.87. The maximum atomic E-state index is 11.9. The van der Waals surface area contributed by atoms with Crippen molar-refractivity contribution >= 4 is 21.2 Å². The summed E-state index contributed by atoms with van der Waals surface area (Å²) in [4.78, 5) is 3.26. The Hall–Kier alpha value is -1.41. The highest BCUT2D eigenvalue weighted by Crippen LogP contribution is 2.23. The van der Waals surface area contributed by atoms with E-state index in [2.05, 4.69) is 4.90 Å². The second-order valence-electron chi connectivity index (χ2n) is 7.30. The summed E-state index contributed by atoms with van der Waals surface area (Å²) in [5.41, 5.74) is 2.21. The zero-order valence-electron chi connectivity index (χ0n) is 15.8. The van der Waals surface area contributed by atoms with Gasteiger partial charge in [0, 0.05) is 24.0 Å². The number of ether oxygens (including phenoxy) is 1. The summed E-state index contributed by atoms with van der Waals surface area (Å²) in [6.45, 7) is 5.25. The lowest BCUT2D eigenvalue weighted by Crippen LogP contribution is -2.42. The highest BCUT2D eigenvalue weighted by molar-refractivity contribution is 7.91. The van der Waals surface area contributed by atoms with Crippen LogP contribution in [0.3, 0.4) is 0 Å². The van der Waals surface area contributed by atoms with Gasteiger partial charge in [0.1, 0.15) is 18.5 Å². The molecule has 0 saturated carbocycles. The molecule has 1 fully saturated rings. The number of aliphatic hydroxyl groups is 1. The van der Waals surface area contributed by atoms with E-state index in [0.717, 1.165) is 11.3 Å². The number of aryl methyl sites for hydroxylation is 2. The van der Waals surface area contributed by atoms with Crippen molar-refractivity contribution in [2.24, 2.45) is 0 Å². The summed E-state index contributed by atoms with van der Waals surface area (Å²) < 4.78 is 29.6. The number of nitrogens with zero attached hydrogens (tertiary/aromatic N) is 1. The van der Waals surface area contributed by atoms with Gasteiger partial charge in [0.2, 0.25) is 0 Å². The maximum absolute atomic E-state index is 11.9. The maximum Gasteiger partial charge on any atom is 0.151 e. The minimum Gasteiger partial charge on any atom is -0.491 e. The van der Waals surface area contributed by atoms with Crippen LogP contribution in [0.25, 0.3) is 0 Å². The fourth-order valence-electron chi connectivity index (χ4n) is 3.48. The van der Waals surface area contributed by atoms with Gasteiger partial charge in [-0.1, -0.05) is 23.8 Å². The predicted molar refractivity (Wildman–Crippen MR) is 109 cm³/mol. The van der Waals surface area contributed by atoms with Crippen LogP contribution in [0.5, 0.6) is 5.75 Å². The summed E-state index contributed by atoms with van der Waals surface area (Å²) in [6.07, 6.45) is -0.0628. The van der Waals surface area contributed by atoms with E-state index in [0.29, 0.717) is 19.5 Å². The zero-order chi connectivity index (χ0) is 19.4. The average molecular weight is 410 g/mol. The first-order chi connectivity index (χ1) is 12.8. The third-order valence-corrected chi connectivity index (χ3v) is 7.48. The van der Waals surface area contributed by atoms with E-state index in [1.165, 1.54) is 10.4 Å². The van der Waals surface area contributed by atoms with Crippen LogP contribution in [0.2, 0.25) is 0 Å². The lowest BCUT2D eigenvalue weighted by atomic mass is 10.1. The summed E-state index contributed by atoms with van der Waals surface area (Å²) in [7, 11) is -2.97. The monoisotopic (exact) mass is 409 g/mol. The van der Waals surface area contributed by atoms with Crippen LogP contribution in [0.15, 0.2) is 35.7 Å². The molecule has 2 unspecified atom stereocenters. The standard InChI is InChI=1S/C20H27NO4S2/c1-15-5-6-20(16(2)10-15)25-13-18(22)11-21(12-19-4-3-8-26-19)17-7-9-27(23,24)14-17/h3-6,8,10,17-18,22H,7,9,11-14H2,1-2H3. The number of rotatable bonds is 8. The first kappa shape index (κ1) is 20.3. The van der Waals surface area contributed by atoms with Crippen LogP contribution in [0, 0.1) is 13.8 Å². The van der Waals surface area contributed by atoms with Crippen LogP contribution in [-0.2, 0) is 16.4 Å². The van der Waals surface area contributed by atoms with Gasteiger partial charge in [-0.05, 0) is 43.3 Å². The number of sulfone groups is 1. The molecule has 148 valence electrons. The number of hydrogen-bond donors (Lipinski definition) is 1. The van der Waals surface area contributed by atoms with Gasteiger partial charge in [0.25, 0.3) is 0 Å². The zero-order valence-corrected chi connectivity index (χ0v) is 17.4. The summed E-state index contributed by atoms with van der Waals surface area (Å²) in [6, 6.07) is 9.94. The average Bonchev–Trinajstić information content (AvgIpc) is 3.22. The molecule has 3 rings (SSSR count). The molecule has 0 aliphatic carbocycles. The van der Waals surface area contributed by atoms with Crippen molar-refractivity contribution in [3.8, 4) is 5.75 Å². The van der Waals surface area contributed by atoms with Gasteiger partial charge in [-0.3, -0.25) is 4.90 Å². The van der Waals surface area contributed by atoms with E-state index in [1.54, 1.807) is 11.3 Å². The molecule has 1 aromatic heterocycles. The van der Waals surface area contributed by atoms with Gasteiger partial charge < -0.3 is 9.84 Å². The van der Waals surface area contributed by atoms with Gasteiger partial charge in [-0.15, -0.1) is 11.3 Å². The van der Waals surface area contributed by atoms with Gasteiger partial charge >= 0.3 is 0 Å². The van der Waals surface area contributed by atoms with Gasteiger partial charge in [-0.2, -0.15) is 0 Å². The molecule has 2 heterocycles. The first-order valence-corrected chi connectivity index (χ1v) is 11.9. The predicted octanol–water partition coefficient (Wildman–Crippen LogP) is 2.79. The molecule has 1 aromatic carbocycles. The fourth-order valence-corrected chi connectivity index (χ4v) is 5.97. The van der Waals surface area contributed by atoms with Crippen LogP contribution in [-0.4, -0.2) is 55.2 Å². The van der Waals surface area contributed by atoms with Crippen molar-refractivity contribution in [2.45, 2.75) is 39.0 Å². The normalized spacial score (nSPS) is 20.1. The molecule has 7 heteroatoms. The molecular formula is C20H27NO4S2. The number of benzene rings is 1. The minimum absolute atomic E-state index is 0.0483. The molecule has 0 spiro atoms. The summed E-state index contributed by atoms with van der Waals surface area (Å²) in [5, 5.41) is 12.5. The van der Waals surface area contributed by atoms with Crippen molar-refractivity contribution in [2.75, 3.05) is 24.7 Å². The van der Waals surface area contributed by atoms with Gasteiger partial charge in [0.15, 0.2) is 9.84 Å². The van der Waals surface area contributed by atoms with Crippen LogP contribution < -0.4 is 4.74 Å². The molecule has 2 atom stereocenters. The molecule has 1 N–H and O–H groups in total. The Bertz CT molecular complexity index is 849. The number of aliphatic hydroxyl groups excluding tert-OH is 1. The van der Waals surface area contributed by atoms with Crippen molar-refractivity contribution in [3.05, 3.63) is 51.7 Å². The quantitative estimate of drug-likeness (QED) is 0.726. The van der Waals surface area contributed by atoms with Gasteiger partial charge in [-0.25, -0.2) is 8.42 Å². The lowest BCUT2D eigenvalue weighted by Gasteiger charge is -2.29. The van der Waals surface area contributed by atoms with Crippen molar-refractivity contribution in [1.29, 1.82) is 0 Å². The van der Waals surface area contributed by atoms with E-state index < -0.39 is 15.9 Å². The second kappa shape index (κ2) is 8.73. The third kappa shape index (κ3) is 5.78. The Morgan fingerprint density at radius 2 is 2.15 bits per heavy atom. The molecule has 27 heavy (non-hydrogen) atoms. The largest absolute Gasteiger partial charge is 0.491 e. The fraction of sp³-hybridized carbons (Fsp3) is 0.500. The minimum atomic E-state index is -2.97. The van der Waals surface area contributed by atoms with E-state index in [9.17, 15) is 13.5 Å². The SMILES string of the molecule is Cc1ccc(OCC(O)CN(Cc2cccs2)C2CCS(=O)(=O)C2)c(C)c1. The van der Waals surface area contributed by atoms with E-state index in [4.69, 9.17) is 4.74 Å². The highest BCUT2D eigenvalue weighted by Gasteiger charge is 2.33. The van der Waals surface area contributed by atoms with Crippen molar-refractivity contribution < 1.29 is 18.3 Å². The van der Waals surface area contributed by atoms with Crippen molar-refractivity contribution in [1.82, 2.24) is 4.90 Å². The topological polar surface area (TPSA) is 66.8 Å². The number of thiophene rings is 1. The Balaban J connectivity index is 1.62. The lowest BCUT2D eigenvalue weighted by molar-refractivity contribution is 0.0527. The smallest absolute Gasteiger partial charge is 0.151 e. The molecule has 5 nitrogen and oxygen atoms in total. The first-order valence-electron chi connectivity index (χ1n) is 9.17. The Morgan fingerprint density at radius 1 is 1.33 bits per heavy atom. The molecule has 1 aliphatic heterocycles. The van der Waals surface area contributed by atoms with E-state index >= 15 is 0 Å². The molecule has 1 saturated heterocycles. The van der Waals surface area contributed by atoms with Crippen molar-refractivity contribution in [3.63, 3.8) is 0 Å². The Kier molecular flexibility index (Phi) is 6.57. The highest BCUT2D eigenvalue weighted by atomic mass is 32.2. The van der Waals surface area contributed by atoms with E-state index in [-0.39, 0.29) is 24.2 Å². The summed E-state index contributed by atoms with van der Waals surface area (Å²) >= 11 is 1.65. The molecule has 2 aromatic rings. The molecule has 0 bridgehead atoms. The van der Waals surface area contributed by atoms with E-state index in [1.807, 2.05) is 49.6 Å². The van der Waals surface area contributed by atoms with Gasteiger partial charge in [0.05, 0.1) is 11.5 Å². The molecule has 0 amide bonds. The molecular weight excluding hydrogens is 382 g/mol. The second-order valence-corrected chi connectivity index (χ2v) is 10.6. The van der Waals surface area contributed by atoms with Crippen LogP contribution in [0.4, 0.5) is 0 Å². The summed E-state index contributed by atoms with van der Waals surface area (Å²) in [5.74, 6) is 1.17. The van der Waals surface area contributed by atoms with Crippen LogP contribution >= 0.6 is 11.3 Å². The Morgan fingerprint density at radius 3 is 2.78 bits per heavy atom. The van der Waals surface area contributed by atoms with Crippen LogP contribution in [0.1, 0.15) is 22.4 Å².